The molecule has 6 heteroatoms. The molecule has 1 aliphatic rings. The van der Waals surface area contributed by atoms with Crippen molar-refractivity contribution >= 4 is 17.8 Å². The van der Waals surface area contributed by atoms with Crippen molar-refractivity contribution in [3.8, 4) is 0 Å². The van der Waals surface area contributed by atoms with Crippen LogP contribution in [0.25, 0.3) is 0 Å². The van der Waals surface area contributed by atoms with Crippen molar-refractivity contribution in [3.05, 3.63) is 18.0 Å². The van der Waals surface area contributed by atoms with E-state index in [1.165, 1.54) is 12.3 Å². The fraction of sp³-hybridized carbons (Fsp3) is 0.400. The zero-order chi connectivity index (χ0) is 11.5. The normalized spacial score (nSPS) is 15.2. The lowest BCUT2D eigenvalue weighted by molar-refractivity contribution is -0.122. The van der Waals surface area contributed by atoms with Crippen molar-refractivity contribution in [1.82, 2.24) is 9.97 Å². The summed E-state index contributed by atoms with van der Waals surface area (Å²) < 4.78 is 0. The number of hydrogen-bond donors (Lipinski definition) is 2. The largest absolute Gasteiger partial charge is 0.364 e. The van der Waals surface area contributed by atoms with E-state index in [-0.39, 0.29) is 23.5 Å². The zero-order valence-corrected chi connectivity index (χ0v) is 8.64. The highest BCUT2D eigenvalue weighted by atomic mass is 16.2. The number of amides is 2. The number of nitrogens with two attached hydrogens (primary N) is 1. The lowest BCUT2D eigenvalue weighted by Gasteiger charge is -2.23. The lowest BCUT2D eigenvalue weighted by atomic mass is 9.85. The Balaban J connectivity index is 2.05. The predicted octanol–water partition coefficient (Wildman–Crippen LogP) is 0.314. The number of nitrogens with zero attached hydrogens (tertiary/aromatic N) is 2. The minimum atomic E-state index is -0.637. The Morgan fingerprint density at radius 3 is 2.75 bits per heavy atom. The van der Waals surface area contributed by atoms with Gasteiger partial charge in [-0.25, -0.2) is 9.97 Å². The maximum atomic E-state index is 11.6. The van der Waals surface area contributed by atoms with Crippen LogP contribution in [0, 0.1) is 5.92 Å². The molecule has 0 bridgehead atoms. The second kappa shape index (κ2) is 4.26. The highest BCUT2D eigenvalue weighted by Crippen LogP contribution is 2.27. The van der Waals surface area contributed by atoms with Gasteiger partial charge in [-0.3, -0.25) is 14.9 Å². The molecule has 2 rings (SSSR count). The van der Waals surface area contributed by atoms with Gasteiger partial charge in [0.1, 0.15) is 5.69 Å². The molecule has 84 valence electrons. The average Bonchev–Trinajstić information content (AvgIpc) is 2.15. The number of hydrogen-bond acceptors (Lipinski definition) is 4. The number of carbonyl (C=O) groups is 2. The quantitative estimate of drug-likeness (QED) is 0.766. The fourth-order valence-electron chi connectivity index (χ4n) is 1.44. The second-order valence-corrected chi connectivity index (χ2v) is 3.75. The molecule has 0 spiro atoms. The molecule has 3 N–H and O–H groups in total. The van der Waals surface area contributed by atoms with E-state index in [4.69, 9.17) is 5.73 Å². The van der Waals surface area contributed by atoms with E-state index >= 15 is 0 Å². The maximum absolute atomic E-state index is 11.6. The summed E-state index contributed by atoms with van der Waals surface area (Å²) in [5, 5.41) is 2.57. The number of carbonyl (C=O) groups excluding carboxylic acids is 2. The lowest BCUT2D eigenvalue weighted by Crippen LogP contribution is -2.29. The molecule has 16 heavy (non-hydrogen) atoms. The molecule has 1 aromatic rings. The van der Waals surface area contributed by atoms with E-state index in [0.717, 1.165) is 19.3 Å². The van der Waals surface area contributed by atoms with Crippen molar-refractivity contribution in [2.45, 2.75) is 19.3 Å². The van der Waals surface area contributed by atoms with E-state index in [1.54, 1.807) is 0 Å². The topological polar surface area (TPSA) is 98.0 Å². The van der Waals surface area contributed by atoms with Gasteiger partial charge in [0, 0.05) is 12.1 Å². The van der Waals surface area contributed by atoms with Gasteiger partial charge in [-0.1, -0.05) is 6.42 Å². The molecule has 0 aromatic carbocycles. The predicted molar refractivity (Wildman–Crippen MR) is 56.5 cm³/mol. The molecule has 0 saturated heterocycles. The molecule has 0 aliphatic heterocycles. The highest BCUT2D eigenvalue weighted by Gasteiger charge is 2.25. The van der Waals surface area contributed by atoms with Gasteiger partial charge in [0.05, 0.1) is 0 Å². The first-order valence-electron chi connectivity index (χ1n) is 5.10. The average molecular weight is 220 g/mol. The molecule has 0 radical (unpaired) electrons. The SMILES string of the molecule is NC(=O)c1ccnc(NC(=O)C2CCC2)n1. The summed E-state index contributed by atoms with van der Waals surface area (Å²) in [5.74, 6) is -0.538. The maximum Gasteiger partial charge on any atom is 0.267 e. The van der Waals surface area contributed by atoms with E-state index in [0.29, 0.717) is 0 Å². The first-order valence-corrected chi connectivity index (χ1v) is 5.10. The third-order valence-corrected chi connectivity index (χ3v) is 2.62. The minimum Gasteiger partial charge on any atom is -0.364 e. The van der Waals surface area contributed by atoms with Crippen LogP contribution < -0.4 is 11.1 Å². The second-order valence-electron chi connectivity index (χ2n) is 3.75. The van der Waals surface area contributed by atoms with E-state index in [2.05, 4.69) is 15.3 Å². The summed E-state index contributed by atoms with van der Waals surface area (Å²) in [6.45, 7) is 0. The summed E-state index contributed by atoms with van der Waals surface area (Å²) in [7, 11) is 0. The molecule has 1 aromatic heterocycles. The molecular formula is C10H12N4O2. The first-order chi connectivity index (χ1) is 7.66. The van der Waals surface area contributed by atoms with Crippen LogP contribution in [0.2, 0.25) is 0 Å². The van der Waals surface area contributed by atoms with Crippen molar-refractivity contribution < 1.29 is 9.59 Å². The number of nitrogens with one attached hydrogen (secondary N) is 1. The monoisotopic (exact) mass is 220 g/mol. The molecule has 1 saturated carbocycles. The van der Waals surface area contributed by atoms with Crippen molar-refractivity contribution in [1.29, 1.82) is 0 Å². The van der Waals surface area contributed by atoms with E-state index in [1.807, 2.05) is 0 Å². The van der Waals surface area contributed by atoms with Gasteiger partial charge < -0.3 is 5.73 Å². The molecule has 0 atom stereocenters. The number of anilines is 1. The Morgan fingerprint density at radius 2 is 2.19 bits per heavy atom. The number of rotatable bonds is 3. The van der Waals surface area contributed by atoms with Gasteiger partial charge in [-0.2, -0.15) is 0 Å². The molecule has 1 heterocycles. The summed E-state index contributed by atoms with van der Waals surface area (Å²) in [6.07, 6.45) is 4.28. The minimum absolute atomic E-state index is 0.0563. The van der Waals surface area contributed by atoms with Crippen LogP contribution in [0.3, 0.4) is 0 Å². The Hall–Kier alpha value is -1.98. The summed E-state index contributed by atoms with van der Waals surface area (Å²) >= 11 is 0. The van der Waals surface area contributed by atoms with Gasteiger partial charge in [0.15, 0.2) is 0 Å². The standard InChI is InChI=1S/C10H12N4O2/c11-8(15)7-4-5-12-10(13-7)14-9(16)6-2-1-3-6/h4-6H,1-3H2,(H2,11,15)(H,12,13,14,16). The van der Waals surface area contributed by atoms with Gasteiger partial charge in [0.25, 0.3) is 5.91 Å². The van der Waals surface area contributed by atoms with E-state index in [9.17, 15) is 9.59 Å². The van der Waals surface area contributed by atoms with Crippen molar-refractivity contribution in [3.63, 3.8) is 0 Å². The number of primary amides is 1. The van der Waals surface area contributed by atoms with Crippen LogP contribution in [0.1, 0.15) is 29.8 Å². The number of aromatic nitrogens is 2. The van der Waals surface area contributed by atoms with Gasteiger partial charge in [-0.15, -0.1) is 0 Å². The summed E-state index contributed by atoms with van der Waals surface area (Å²) in [6, 6.07) is 1.40. The summed E-state index contributed by atoms with van der Waals surface area (Å²) in [4.78, 5) is 30.1. The van der Waals surface area contributed by atoms with Gasteiger partial charge in [-0.05, 0) is 18.9 Å². The van der Waals surface area contributed by atoms with E-state index < -0.39 is 5.91 Å². The smallest absolute Gasteiger partial charge is 0.267 e. The van der Waals surface area contributed by atoms with Gasteiger partial charge >= 0.3 is 0 Å². The molecule has 1 aliphatic carbocycles. The van der Waals surface area contributed by atoms with Crippen LogP contribution in [0.15, 0.2) is 12.3 Å². The van der Waals surface area contributed by atoms with Crippen LogP contribution >= 0.6 is 0 Å². The fourth-order valence-corrected chi connectivity index (χ4v) is 1.44. The molecule has 2 amide bonds. The van der Waals surface area contributed by atoms with Crippen LogP contribution in [0.5, 0.6) is 0 Å². The Bertz CT molecular complexity index is 429. The first kappa shape index (κ1) is 10.5. The molecule has 0 unspecified atom stereocenters. The molecular weight excluding hydrogens is 208 g/mol. The van der Waals surface area contributed by atoms with Gasteiger partial charge in [0.2, 0.25) is 11.9 Å². The zero-order valence-electron chi connectivity index (χ0n) is 8.64. The molecule has 1 fully saturated rings. The molecule has 6 nitrogen and oxygen atoms in total. The highest BCUT2D eigenvalue weighted by molar-refractivity contribution is 5.93. The van der Waals surface area contributed by atoms with Crippen molar-refractivity contribution in [2.75, 3.05) is 5.32 Å². The van der Waals surface area contributed by atoms with Crippen molar-refractivity contribution in [2.24, 2.45) is 11.7 Å². The summed E-state index contributed by atoms with van der Waals surface area (Å²) in [5.41, 5.74) is 5.16. The van der Waals surface area contributed by atoms with Crippen LogP contribution in [0.4, 0.5) is 5.95 Å². The van der Waals surface area contributed by atoms with Crippen LogP contribution in [-0.4, -0.2) is 21.8 Å². The Kier molecular flexibility index (Phi) is 2.80. The van der Waals surface area contributed by atoms with Crippen LogP contribution in [-0.2, 0) is 4.79 Å². The third kappa shape index (κ3) is 2.16. The third-order valence-electron chi connectivity index (χ3n) is 2.62. The Morgan fingerprint density at radius 1 is 1.44 bits per heavy atom. The Labute approximate surface area is 92.3 Å².